The fourth-order valence-corrected chi connectivity index (χ4v) is 2.98. The first kappa shape index (κ1) is 12.9. The normalized spacial score (nSPS) is 14.8. The minimum Gasteiger partial charge on any atom is -0.356 e. The summed E-state index contributed by atoms with van der Waals surface area (Å²) in [5.41, 5.74) is 4.57. The molecule has 2 heterocycles. The maximum Gasteiger partial charge on any atom is 0.133 e. The first-order chi connectivity index (χ1) is 9.70. The van der Waals surface area contributed by atoms with E-state index in [0.717, 1.165) is 30.0 Å². The lowest BCUT2D eigenvalue weighted by Gasteiger charge is -2.21. The van der Waals surface area contributed by atoms with Gasteiger partial charge >= 0.3 is 0 Å². The van der Waals surface area contributed by atoms with E-state index in [0.29, 0.717) is 6.42 Å². The molecule has 1 aliphatic rings. The molecule has 0 aliphatic carbocycles. The van der Waals surface area contributed by atoms with E-state index < -0.39 is 0 Å². The van der Waals surface area contributed by atoms with Gasteiger partial charge < -0.3 is 4.90 Å². The third kappa shape index (κ3) is 2.12. The smallest absolute Gasteiger partial charge is 0.133 e. The van der Waals surface area contributed by atoms with Crippen molar-refractivity contribution in [3.63, 3.8) is 0 Å². The molecule has 0 bridgehead atoms. The van der Waals surface area contributed by atoms with E-state index in [1.165, 1.54) is 29.4 Å². The number of nitriles is 1. The molecule has 0 N–H and O–H groups in total. The predicted octanol–water partition coefficient (Wildman–Crippen LogP) is 3.52. The number of aryl methyl sites for hydroxylation is 2. The molecule has 0 radical (unpaired) electrons. The highest BCUT2D eigenvalue weighted by atomic mass is 15.2. The Kier molecular flexibility index (Phi) is 3.31. The SMILES string of the molecule is Cc1ccc(C)c2nc(N3CCCC3)c(CC#N)cc12. The van der Waals surface area contributed by atoms with E-state index in [9.17, 15) is 0 Å². The van der Waals surface area contributed by atoms with E-state index in [-0.39, 0.29) is 0 Å². The summed E-state index contributed by atoms with van der Waals surface area (Å²) in [6, 6.07) is 8.71. The average Bonchev–Trinajstić information content (AvgIpc) is 2.97. The van der Waals surface area contributed by atoms with Crippen molar-refractivity contribution in [1.29, 1.82) is 5.26 Å². The van der Waals surface area contributed by atoms with Crippen LogP contribution in [0.25, 0.3) is 10.9 Å². The Balaban J connectivity index is 2.24. The average molecular weight is 265 g/mol. The predicted molar refractivity (Wildman–Crippen MR) is 82.0 cm³/mol. The molecule has 20 heavy (non-hydrogen) atoms. The molecule has 2 aromatic rings. The standard InChI is InChI=1S/C17H19N3/c1-12-5-6-13(2)16-15(12)11-14(7-8-18)17(19-16)20-9-3-4-10-20/h5-6,11H,3-4,7,9-10H2,1-2H3. The monoisotopic (exact) mass is 265 g/mol. The van der Waals surface area contributed by atoms with E-state index in [2.05, 4.69) is 43.0 Å². The van der Waals surface area contributed by atoms with Crippen molar-refractivity contribution >= 4 is 16.7 Å². The second-order valence-corrected chi connectivity index (χ2v) is 5.60. The fraction of sp³-hybridized carbons (Fsp3) is 0.412. The van der Waals surface area contributed by atoms with Crippen LogP contribution in [0.15, 0.2) is 18.2 Å². The Morgan fingerprint density at radius 2 is 1.90 bits per heavy atom. The molecule has 0 spiro atoms. The maximum absolute atomic E-state index is 9.09. The highest BCUT2D eigenvalue weighted by molar-refractivity contribution is 5.87. The number of hydrogen-bond donors (Lipinski definition) is 0. The van der Waals surface area contributed by atoms with Crippen LogP contribution >= 0.6 is 0 Å². The number of aromatic nitrogens is 1. The molecule has 1 aliphatic heterocycles. The Bertz CT molecular complexity index is 691. The minimum atomic E-state index is 0.433. The Morgan fingerprint density at radius 3 is 2.60 bits per heavy atom. The number of benzene rings is 1. The molecule has 3 nitrogen and oxygen atoms in total. The molecule has 1 aromatic heterocycles. The highest BCUT2D eigenvalue weighted by Gasteiger charge is 2.18. The molecule has 1 aromatic carbocycles. The summed E-state index contributed by atoms with van der Waals surface area (Å²) in [5.74, 6) is 1.02. The van der Waals surface area contributed by atoms with Crippen LogP contribution in [0.3, 0.4) is 0 Å². The van der Waals surface area contributed by atoms with Crippen molar-refractivity contribution in [2.45, 2.75) is 33.1 Å². The van der Waals surface area contributed by atoms with Crippen LogP contribution < -0.4 is 4.90 Å². The molecule has 102 valence electrons. The van der Waals surface area contributed by atoms with Crippen LogP contribution in [-0.4, -0.2) is 18.1 Å². The molecule has 3 rings (SSSR count). The molecule has 1 fully saturated rings. The van der Waals surface area contributed by atoms with Gasteiger partial charge in [-0.1, -0.05) is 12.1 Å². The number of fused-ring (bicyclic) bond motifs is 1. The van der Waals surface area contributed by atoms with Crippen molar-refractivity contribution in [1.82, 2.24) is 4.98 Å². The third-order valence-corrected chi connectivity index (χ3v) is 4.14. The second-order valence-electron chi connectivity index (χ2n) is 5.60. The van der Waals surface area contributed by atoms with Crippen molar-refractivity contribution in [3.8, 4) is 6.07 Å². The summed E-state index contributed by atoms with van der Waals surface area (Å²) in [7, 11) is 0. The van der Waals surface area contributed by atoms with Crippen LogP contribution in [0.5, 0.6) is 0 Å². The number of nitrogens with zero attached hydrogens (tertiary/aromatic N) is 3. The van der Waals surface area contributed by atoms with Gasteiger partial charge in [0.05, 0.1) is 18.0 Å². The first-order valence-electron chi connectivity index (χ1n) is 7.22. The molecule has 3 heteroatoms. The molecular weight excluding hydrogens is 246 g/mol. The molecule has 1 saturated heterocycles. The van der Waals surface area contributed by atoms with Gasteiger partial charge in [0, 0.05) is 24.0 Å². The van der Waals surface area contributed by atoms with Crippen LogP contribution in [-0.2, 0) is 6.42 Å². The number of pyridine rings is 1. The zero-order chi connectivity index (χ0) is 14.1. The summed E-state index contributed by atoms with van der Waals surface area (Å²) in [6.45, 7) is 6.32. The molecule has 0 atom stereocenters. The highest BCUT2D eigenvalue weighted by Crippen LogP contribution is 2.29. The maximum atomic E-state index is 9.09. The summed E-state index contributed by atoms with van der Waals surface area (Å²) < 4.78 is 0. The van der Waals surface area contributed by atoms with Gasteiger partial charge in [0.15, 0.2) is 0 Å². The largest absolute Gasteiger partial charge is 0.356 e. The number of hydrogen-bond acceptors (Lipinski definition) is 3. The minimum absolute atomic E-state index is 0.433. The second kappa shape index (κ2) is 5.13. The molecular formula is C17H19N3. The lowest BCUT2D eigenvalue weighted by Crippen LogP contribution is -2.21. The Labute approximate surface area is 119 Å². The summed E-state index contributed by atoms with van der Waals surface area (Å²) >= 11 is 0. The van der Waals surface area contributed by atoms with Crippen LogP contribution in [0, 0.1) is 25.2 Å². The van der Waals surface area contributed by atoms with E-state index in [1.807, 2.05) is 0 Å². The number of anilines is 1. The Morgan fingerprint density at radius 1 is 1.20 bits per heavy atom. The van der Waals surface area contributed by atoms with Gasteiger partial charge in [-0.15, -0.1) is 0 Å². The third-order valence-electron chi connectivity index (χ3n) is 4.14. The van der Waals surface area contributed by atoms with Gasteiger partial charge in [-0.05, 0) is 43.9 Å². The quantitative estimate of drug-likeness (QED) is 0.834. The van der Waals surface area contributed by atoms with Crippen LogP contribution in [0.2, 0.25) is 0 Å². The van der Waals surface area contributed by atoms with Crippen LogP contribution in [0.4, 0.5) is 5.82 Å². The van der Waals surface area contributed by atoms with Gasteiger partial charge in [-0.2, -0.15) is 5.26 Å². The topological polar surface area (TPSA) is 39.9 Å². The fourth-order valence-electron chi connectivity index (χ4n) is 2.98. The van der Waals surface area contributed by atoms with Crippen molar-refractivity contribution in [2.75, 3.05) is 18.0 Å². The van der Waals surface area contributed by atoms with E-state index >= 15 is 0 Å². The zero-order valence-corrected chi connectivity index (χ0v) is 12.1. The van der Waals surface area contributed by atoms with Crippen molar-refractivity contribution < 1.29 is 0 Å². The van der Waals surface area contributed by atoms with Gasteiger partial charge in [-0.3, -0.25) is 0 Å². The first-order valence-corrected chi connectivity index (χ1v) is 7.22. The zero-order valence-electron chi connectivity index (χ0n) is 12.1. The van der Waals surface area contributed by atoms with Gasteiger partial charge in [0.1, 0.15) is 5.82 Å². The van der Waals surface area contributed by atoms with Crippen molar-refractivity contribution in [2.24, 2.45) is 0 Å². The lowest BCUT2D eigenvalue weighted by atomic mass is 10.0. The van der Waals surface area contributed by atoms with Gasteiger partial charge in [0.25, 0.3) is 0 Å². The van der Waals surface area contributed by atoms with Gasteiger partial charge in [0.2, 0.25) is 0 Å². The summed E-state index contributed by atoms with van der Waals surface area (Å²) in [4.78, 5) is 7.24. The van der Waals surface area contributed by atoms with Crippen molar-refractivity contribution in [3.05, 3.63) is 34.9 Å². The summed E-state index contributed by atoms with van der Waals surface area (Å²) in [6.07, 6.45) is 2.87. The molecule has 0 saturated carbocycles. The van der Waals surface area contributed by atoms with Crippen LogP contribution in [0.1, 0.15) is 29.5 Å². The van der Waals surface area contributed by atoms with Gasteiger partial charge in [-0.25, -0.2) is 4.98 Å². The van der Waals surface area contributed by atoms with E-state index in [1.54, 1.807) is 0 Å². The lowest BCUT2D eigenvalue weighted by molar-refractivity contribution is 0.929. The Hall–Kier alpha value is -2.08. The molecule has 0 amide bonds. The van der Waals surface area contributed by atoms with E-state index in [4.69, 9.17) is 10.2 Å². The summed E-state index contributed by atoms with van der Waals surface area (Å²) in [5, 5.41) is 10.3. The number of rotatable bonds is 2. The molecule has 0 unspecified atom stereocenters.